The Bertz CT molecular complexity index is 1050. The first-order valence-electron chi connectivity index (χ1n) is 8.15. The summed E-state index contributed by atoms with van der Waals surface area (Å²) in [5, 5.41) is 11.2. The second-order valence-electron chi connectivity index (χ2n) is 5.78. The van der Waals surface area contributed by atoms with E-state index < -0.39 is 51.9 Å². The molecular weight excluding hydrogens is 432 g/mol. The average Bonchev–Trinajstić information content (AvgIpc) is 2.67. The molecule has 2 aromatic rings. The fourth-order valence-electron chi connectivity index (χ4n) is 2.12. The van der Waals surface area contributed by atoms with E-state index in [0.717, 1.165) is 18.2 Å². The number of hydrogen-bond donors (Lipinski definition) is 1. The molecule has 0 aromatic heterocycles. The molecule has 0 bridgehead atoms. The number of benzene rings is 2. The molecule has 0 fully saturated rings. The van der Waals surface area contributed by atoms with E-state index >= 15 is 0 Å². The Morgan fingerprint density at radius 2 is 1.80 bits per heavy atom. The molecule has 0 saturated heterocycles. The maximum Gasteiger partial charge on any atom is 0.534 e. The molecular formula is C18H14F4N2O5S. The lowest BCUT2D eigenvalue weighted by Gasteiger charge is -2.14. The Labute approximate surface area is 169 Å². The van der Waals surface area contributed by atoms with Gasteiger partial charge in [-0.2, -0.15) is 26.9 Å². The van der Waals surface area contributed by atoms with Crippen LogP contribution in [0.4, 0.5) is 17.6 Å². The molecule has 0 radical (unpaired) electrons. The molecule has 0 aliphatic heterocycles. The highest BCUT2D eigenvalue weighted by Crippen LogP contribution is 2.30. The molecule has 1 amide bonds. The lowest BCUT2D eigenvalue weighted by atomic mass is 10.1. The van der Waals surface area contributed by atoms with Crippen molar-refractivity contribution < 1.29 is 39.7 Å². The summed E-state index contributed by atoms with van der Waals surface area (Å²) in [5.74, 6) is -2.57. The molecule has 1 N–H and O–H groups in total. The third kappa shape index (κ3) is 6.16. The first-order chi connectivity index (χ1) is 14.0. The van der Waals surface area contributed by atoms with E-state index in [1.165, 1.54) is 0 Å². The smallest absolute Gasteiger partial charge is 0.376 e. The largest absolute Gasteiger partial charge is 0.534 e. The van der Waals surface area contributed by atoms with Crippen LogP contribution < -0.4 is 9.50 Å². The summed E-state index contributed by atoms with van der Waals surface area (Å²) >= 11 is 0. The Morgan fingerprint density at radius 1 is 1.13 bits per heavy atom. The van der Waals surface area contributed by atoms with E-state index in [-0.39, 0.29) is 6.54 Å². The fourth-order valence-corrected chi connectivity index (χ4v) is 2.60. The second kappa shape index (κ2) is 9.55. The van der Waals surface area contributed by atoms with Crippen molar-refractivity contribution in [1.82, 2.24) is 5.32 Å². The minimum atomic E-state index is -6.00. The first-order valence-corrected chi connectivity index (χ1v) is 9.56. The van der Waals surface area contributed by atoms with Crippen LogP contribution in [0.1, 0.15) is 16.7 Å². The van der Waals surface area contributed by atoms with E-state index in [1.54, 1.807) is 24.3 Å². The van der Waals surface area contributed by atoms with Gasteiger partial charge >= 0.3 is 15.6 Å². The maximum absolute atomic E-state index is 13.9. The van der Waals surface area contributed by atoms with Gasteiger partial charge in [0.1, 0.15) is 12.4 Å². The summed E-state index contributed by atoms with van der Waals surface area (Å²) in [4.78, 5) is 11.8. The normalized spacial score (nSPS) is 11.6. The Morgan fingerprint density at radius 3 is 2.40 bits per heavy atom. The minimum Gasteiger partial charge on any atom is -0.376 e. The number of halogens is 4. The van der Waals surface area contributed by atoms with Crippen LogP contribution >= 0.6 is 0 Å². The van der Waals surface area contributed by atoms with Crippen molar-refractivity contribution in [3.05, 3.63) is 65.0 Å². The maximum atomic E-state index is 13.9. The number of amides is 1. The van der Waals surface area contributed by atoms with Gasteiger partial charge in [-0.15, -0.1) is 0 Å². The van der Waals surface area contributed by atoms with Crippen LogP contribution in [0.2, 0.25) is 0 Å². The molecule has 0 aliphatic rings. The summed E-state index contributed by atoms with van der Waals surface area (Å²) in [6.07, 6.45) is 0. The van der Waals surface area contributed by atoms with Gasteiger partial charge in [0.2, 0.25) is 5.91 Å². The van der Waals surface area contributed by atoms with Crippen molar-refractivity contribution in [3.63, 3.8) is 0 Å². The van der Waals surface area contributed by atoms with E-state index in [1.807, 2.05) is 6.07 Å². The van der Waals surface area contributed by atoms with Crippen molar-refractivity contribution in [1.29, 1.82) is 5.26 Å². The molecule has 0 unspecified atom stereocenters. The number of carbonyl (C=O) groups is 1. The van der Waals surface area contributed by atoms with Gasteiger partial charge in [-0.05, 0) is 29.8 Å². The van der Waals surface area contributed by atoms with Gasteiger partial charge in [-0.25, -0.2) is 4.39 Å². The van der Waals surface area contributed by atoms with Crippen LogP contribution in [0.3, 0.4) is 0 Å². The molecule has 12 heteroatoms. The zero-order valence-corrected chi connectivity index (χ0v) is 15.9. The summed E-state index contributed by atoms with van der Waals surface area (Å²) in [7, 11) is -6.00. The standard InChI is InChI=1S/C18H14F4N2O5S/c19-15-2-1-3-16(29-30(26,27)18(20,21)22)14(15)10-28-11-17(25)24-9-13-6-4-12(8-23)5-7-13/h1-7H,9-11H2,(H,24,25). The number of nitriles is 1. The molecule has 160 valence electrons. The van der Waals surface area contributed by atoms with E-state index in [9.17, 15) is 30.8 Å². The molecule has 2 rings (SSSR count). The highest BCUT2D eigenvalue weighted by molar-refractivity contribution is 7.88. The Balaban J connectivity index is 1.94. The van der Waals surface area contributed by atoms with Crippen LogP contribution in [0.5, 0.6) is 5.75 Å². The first kappa shape index (κ1) is 23.1. The fraction of sp³-hybridized carbons (Fsp3) is 0.222. The number of carbonyl (C=O) groups excluding carboxylic acids is 1. The van der Waals surface area contributed by atoms with Gasteiger partial charge < -0.3 is 14.2 Å². The summed E-state index contributed by atoms with van der Waals surface area (Å²) < 4.78 is 82.5. The molecule has 0 saturated carbocycles. The van der Waals surface area contributed by atoms with Gasteiger partial charge in [0.15, 0.2) is 5.75 Å². The zero-order valence-electron chi connectivity index (χ0n) is 15.1. The van der Waals surface area contributed by atoms with Gasteiger partial charge in [0.05, 0.1) is 23.8 Å². The van der Waals surface area contributed by atoms with Crippen LogP contribution in [0.15, 0.2) is 42.5 Å². The predicted molar refractivity (Wildman–Crippen MR) is 94.7 cm³/mol. The predicted octanol–water partition coefficient (Wildman–Crippen LogP) is 2.76. The third-order valence-electron chi connectivity index (χ3n) is 3.61. The quantitative estimate of drug-likeness (QED) is 0.380. The van der Waals surface area contributed by atoms with Gasteiger partial charge in [-0.3, -0.25) is 4.79 Å². The van der Waals surface area contributed by atoms with Crippen molar-refractivity contribution in [2.75, 3.05) is 6.61 Å². The lowest BCUT2D eigenvalue weighted by Crippen LogP contribution is -2.29. The van der Waals surface area contributed by atoms with Crippen molar-refractivity contribution >= 4 is 16.0 Å². The molecule has 2 aromatic carbocycles. The summed E-state index contributed by atoms with van der Waals surface area (Å²) in [5.41, 5.74) is -5.14. The van der Waals surface area contributed by atoms with Crippen LogP contribution in [-0.2, 0) is 32.8 Å². The molecule has 0 heterocycles. The Hall–Kier alpha value is -3.17. The number of alkyl halides is 3. The topological polar surface area (TPSA) is 105 Å². The number of ether oxygens (including phenoxy) is 1. The van der Waals surface area contributed by atoms with Gasteiger partial charge in [0, 0.05) is 6.54 Å². The number of hydrogen-bond acceptors (Lipinski definition) is 6. The summed E-state index contributed by atoms with van der Waals surface area (Å²) in [6, 6.07) is 11.0. The monoisotopic (exact) mass is 446 g/mol. The minimum absolute atomic E-state index is 0.117. The molecule has 0 spiro atoms. The van der Waals surface area contributed by atoms with Crippen molar-refractivity contribution in [2.45, 2.75) is 18.7 Å². The molecule has 7 nitrogen and oxygen atoms in total. The summed E-state index contributed by atoms with van der Waals surface area (Å²) in [6.45, 7) is -1.17. The van der Waals surface area contributed by atoms with Gasteiger partial charge in [-0.1, -0.05) is 18.2 Å². The van der Waals surface area contributed by atoms with E-state index in [4.69, 9.17) is 10.00 Å². The second-order valence-corrected chi connectivity index (χ2v) is 7.32. The van der Waals surface area contributed by atoms with Crippen LogP contribution in [-0.4, -0.2) is 26.4 Å². The number of nitrogens with one attached hydrogen (secondary N) is 1. The number of nitrogens with zero attached hydrogens (tertiary/aromatic N) is 1. The van der Waals surface area contributed by atoms with Crippen LogP contribution in [0, 0.1) is 17.1 Å². The molecule has 0 aliphatic carbocycles. The number of rotatable bonds is 8. The molecule has 30 heavy (non-hydrogen) atoms. The Kier molecular flexibility index (Phi) is 7.36. The average molecular weight is 446 g/mol. The van der Waals surface area contributed by atoms with Crippen molar-refractivity contribution in [3.8, 4) is 11.8 Å². The third-order valence-corrected chi connectivity index (χ3v) is 4.58. The lowest BCUT2D eigenvalue weighted by molar-refractivity contribution is -0.126. The van der Waals surface area contributed by atoms with Crippen LogP contribution in [0.25, 0.3) is 0 Å². The van der Waals surface area contributed by atoms with Gasteiger partial charge in [0.25, 0.3) is 0 Å². The highest BCUT2D eigenvalue weighted by atomic mass is 32.2. The van der Waals surface area contributed by atoms with Crippen molar-refractivity contribution in [2.24, 2.45) is 0 Å². The SMILES string of the molecule is N#Cc1ccc(CNC(=O)COCc2c(F)cccc2OS(=O)(=O)C(F)(F)F)cc1. The van der Waals surface area contributed by atoms with E-state index in [0.29, 0.717) is 11.1 Å². The molecule has 0 atom stereocenters. The zero-order chi connectivity index (χ0) is 22.4. The highest BCUT2D eigenvalue weighted by Gasteiger charge is 2.48. The van der Waals surface area contributed by atoms with E-state index in [2.05, 4.69) is 9.50 Å².